The Morgan fingerprint density at radius 2 is 1.87 bits per heavy atom. The number of fused-ring (bicyclic) bond motifs is 1. The van der Waals surface area contributed by atoms with Gasteiger partial charge in [0.25, 0.3) is 0 Å². The molecule has 4 heteroatoms. The highest BCUT2D eigenvalue weighted by Crippen LogP contribution is 2.38. The number of carbonyl (C=O) groups is 1. The summed E-state index contributed by atoms with van der Waals surface area (Å²) in [5.74, 6) is 1.13. The van der Waals surface area contributed by atoms with Crippen molar-refractivity contribution in [3.63, 3.8) is 0 Å². The fourth-order valence-electron chi connectivity index (χ4n) is 5.12. The first kappa shape index (κ1) is 22.6. The quantitative estimate of drug-likeness (QED) is 0.473. The number of hydrogen-bond acceptors (Lipinski definition) is 3. The van der Waals surface area contributed by atoms with Crippen LogP contribution < -0.4 is 5.32 Å². The highest BCUT2D eigenvalue weighted by Gasteiger charge is 2.35. The van der Waals surface area contributed by atoms with Crippen molar-refractivity contribution in [3.05, 3.63) is 47.2 Å². The van der Waals surface area contributed by atoms with Crippen LogP contribution in [0.2, 0.25) is 0 Å². The van der Waals surface area contributed by atoms with Crippen LogP contribution in [0.5, 0.6) is 0 Å². The van der Waals surface area contributed by atoms with Crippen LogP contribution in [0.15, 0.2) is 30.5 Å². The minimum Gasteiger partial charge on any atom is -0.367 e. The van der Waals surface area contributed by atoms with E-state index < -0.39 is 0 Å². The minimum absolute atomic E-state index is 0.0647. The van der Waals surface area contributed by atoms with Crippen LogP contribution in [-0.4, -0.2) is 21.6 Å². The van der Waals surface area contributed by atoms with Gasteiger partial charge in [0.2, 0.25) is 0 Å². The van der Waals surface area contributed by atoms with Crippen LogP contribution >= 0.6 is 0 Å². The molecule has 0 saturated carbocycles. The summed E-state index contributed by atoms with van der Waals surface area (Å²) in [7, 11) is 0. The zero-order valence-electron chi connectivity index (χ0n) is 19.7. The molecule has 4 nitrogen and oxygen atoms in total. The van der Waals surface area contributed by atoms with Crippen molar-refractivity contribution in [1.82, 2.24) is 9.78 Å². The van der Waals surface area contributed by atoms with Gasteiger partial charge in [-0.1, -0.05) is 50.6 Å². The fraction of sp³-hybridized carbons (Fsp3) is 0.615. The van der Waals surface area contributed by atoms with Crippen molar-refractivity contribution < 1.29 is 4.79 Å². The van der Waals surface area contributed by atoms with Crippen molar-refractivity contribution >= 4 is 11.6 Å². The molecule has 0 unspecified atom stereocenters. The summed E-state index contributed by atoms with van der Waals surface area (Å²) in [6.45, 7) is 13.3. The fourth-order valence-corrected chi connectivity index (χ4v) is 5.12. The molecule has 1 aromatic carbocycles. The molecular weight excluding hydrogens is 370 g/mol. The summed E-state index contributed by atoms with van der Waals surface area (Å²) in [5, 5.41) is 8.15. The van der Waals surface area contributed by atoms with Crippen molar-refractivity contribution in [3.8, 4) is 0 Å². The van der Waals surface area contributed by atoms with E-state index in [0.29, 0.717) is 12.5 Å². The number of aryl methyl sites for hydroxylation is 1. The van der Waals surface area contributed by atoms with E-state index in [1.165, 1.54) is 11.1 Å². The molecule has 1 N–H and O–H groups in total. The highest BCUT2D eigenvalue weighted by molar-refractivity contribution is 6.00. The third-order valence-electron chi connectivity index (χ3n) is 7.30. The number of ketones is 1. The van der Waals surface area contributed by atoms with E-state index >= 15 is 0 Å². The van der Waals surface area contributed by atoms with E-state index in [1.807, 2.05) is 4.68 Å². The number of Topliss-reactive ketones (excluding diaryl/α,β-unsaturated/α-hetero) is 1. The van der Waals surface area contributed by atoms with E-state index in [2.05, 4.69) is 76.2 Å². The number of anilines is 1. The number of aromatic nitrogens is 2. The summed E-state index contributed by atoms with van der Waals surface area (Å²) in [4.78, 5) is 13.1. The van der Waals surface area contributed by atoms with E-state index in [1.54, 1.807) is 6.20 Å². The minimum atomic E-state index is -0.0647. The van der Waals surface area contributed by atoms with Gasteiger partial charge in [0.1, 0.15) is 5.82 Å². The van der Waals surface area contributed by atoms with E-state index in [0.717, 1.165) is 49.9 Å². The number of hydrogen-bond donors (Lipinski definition) is 1. The molecule has 30 heavy (non-hydrogen) atoms. The van der Waals surface area contributed by atoms with E-state index in [-0.39, 0.29) is 16.7 Å². The standard InChI is InChI=1S/C26H39N3O/c1-7-21-17-25(5,6)29-24(28-21)22(18-27-29)23(30)11-10-16-26(8-2,9-3)20-14-12-19(4)13-15-20/h12-15,18,21,28H,7-11,16-17H2,1-6H3/t21-/m0/s1. The van der Waals surface area contributed by atoms with Crippen LogP contribution in [-0.2, 0) is 11.0 Å². The SMILES string of the molecule is CC[C@H]1CC(C)(C)n2ncc(C(=O)CCCC(CC)(CC)c3ccc(C)cc3)c2N1. The smallest absolute Gasteiger partial charge is 0.168 e. The molecule has 1 aliphatic heterocycles. The first-order valence-electron chi connectivity index (χ1n) is 11.7. The zero-order valence-corrected chi connectivity index (χ0v) is 19.7. The van der Waals surface area contributed by atoms with Gasteiger partial charge >= 0.3 is 0 Å². The number of rotatable bonds is 9. The lowest BCUT2D eigenvalue weighted by molar-refractivity contribution is 0.0976. The van der Waals surface area contributed by atoms with Crippen molar-refractivity contribution in [2.75, 3.05) is 5.32 Å². The van der Waals surface area contributed by atoms with E-state index in [4.69, 9.17) is 0 Å². The molecule has 0 amide bonds. The van der Waals surface area contributed by atoms with Crippen LogP contribution in [0.3, 0.4) is 0 Å². The molecule has 164 valence electrons. The van der Waals surface area contributed by atoms with Gasteiger partial charge in [-0.2, -0.15) is 5.10 Å². The van der Waals surface area contributed by atoms with Gasteiger partial charge in [0, 0.05) is 12.5 Å². The van der Waals surface area contributed by atoms with Gasteiger partial charge in [0.05, 0.1) is 17.3 Å². The highest BCUT2D eigenvalue weighted by atomic mass is 16.1. The topological polar surface area (TPSA) is 46.9 Å². The molecule has 0 fully saturated rings. The molecule has 3 rings (SSSR count). The van der Waals surface area contributed by atoms with E-state index in [9.17, 15) is 4.79 Å². The monoisotopic (exact) mass is 409 g/mol. The summed E-state index contributed by atoms with van der Waals surface area (Å²) >= 11 is 0. The Labute approximate surface area is 182 Å². The van der Waals surface area contributed by atoms with Gasteiger partial charge in [-0.15, -0.1) is 0 Å². The molecule has 2 heterocycles. The molecule has 0 spiro atoms. The lowest BCUT2D eigenvalue weighted by Crippen LogP contribution is -2.41. The van der Waals surface area contributed by atoms with Gasteiger partial charge in [-0.05, 0) is 70.3 Å². The summed E-state index contributed by atoms with van der Waals surface area (Å²) in [6, 6.07) is 9.35. The van der Waals surface area contributed by atoms with Crippen LogP contribution in [0, 0.1) is 6.92 Å². The molecule has 1 aromatic heterocycles. The second-order valence-corrected chi connectivity index (χ2v) is 9.71. The average Bonchev–Trinajstić information content (AvgIpc) is 3.17. The second-order valence-electron chi connectivity index (χ2n) is 9.71. The van der Waals surface area contributed by atoms with Crippen LogP contribution in [0.25, 0.3) is 0 Å². The Morgan fingerprint density at radius 1 is 1.20 bits per heavy atom. The molecule has 1 aliphatic rings. The lowest BCUT2D eigenvalue weighted by atomic mass is 9.72. The van der Waals surface area contributed by atoms with Gasteiger partial charge in [-0.3, -0.25) is 4.79 Å². The Bertz CT molecular complexity index is 859. The first-order valence-corrected chi connectivity index (χ1v) is 11.7. The maximum absolute atomic E-state index is 13.1. The number of nitrogens with one attached hydrogen (secondary N) is 1. The zero-order chi connectivity index (χ0) is 21.9. The predicted octanol–water partition coefficient (Wildman–Crippen LogP) is 6.63. The lowest BCUT2D eigenvalue weighted by Gasteiger charge is -2.37. The van der Waals surface area contributed by atoms with Gasteiger partial charge < -0.3 is 5.32 Å². The molecule has 0 bridgehead atoms. The Kier molecular flexibility index (Phi) is 6.74. The first-order chi connectivity index (χ1) is 14.3. The second kappa shape index (κ2) is 8.95. The Balaban J connectivity index is 1.72. The Morgan fingerprint density at radius 3 is 2.47 bits per heavy atom. The molecular formula is C26H39N3O. The summed E-state index contributed by atoms with van der Waals surface area (Å²) in [5.41, 5.74) is 3.55. The van der Waals surface area contributed by atoms with Crippen molar-refractivity contribution in [1.29, 1.82) is 0 Å². The maximum Gasteiger partial charge on any atom is 0.168 e. The third kappa shape index (κ3) is 4.33. The number of nitrogens with zero attached hydrogens (tertiary/aromatic N) is 2. The number of benzene rings is 1. The van der Waals surface area contributed by atoms with Crippen molar-refractivity contribution in [2.24, 2.45) is 0 Å². The Hall–Kier alpha value is -2.10. The van der Waals surface area contributed by atoms with Crippen LogP contribution in [0.4, 0.5) is 5.82 Å². The average molecular weight is 410 g/mol. The van der Waals surface area contributed by atoms with Gasteiger partial charge in [-0.25, -0.2) is 4.68 Å². The molecule has 0 radical (unpaired) electrons. The molecule has 0 aliphatic carbocycles. The number of carbonyl (C=O) groups excluding carboxylic acids is 1. The molecule has 1 atom stereocenters. The summed E-state index contributed by atoms with van der Waals surface area (Å²) < 4.78 is 2.01. The molecule has 2 aromatic rings. The van der Waals surface area contributed by atoms with Gasteiger partial charge in [0.15, 0.2) is 5.78 Å². The predicted molar refractivity (Wildman–Crippen MR) is 125 cm³/mol. The normalized spacial score (nSPS) is 18.0. The van der Waals surface area contributed by atoms with Crippen LogP contribution in [0.1, 0.15) is 101 Å². The molecule has 0 saturated heterocycles. The maximum atomic E-state index is 13.1. The summed E-state index contributed by atoms with van der Waals surface area (Å²) in [6.07, 6.45) is 8.55. The third-order valence-corrected chi connectivity index (χ3v) is 7.30. The van der Waals surface area contributed by atoms with Crippen molar-refractivity contribution in [2.45, 2.75) is 103 Å². The largest absolute Gasteiger partial charge is 0.367 e.